The Labute approximate surface area is 118 Å². The summed E-state index contributed by atoms with van der Waals surface area (Å²) in [6.07, 6.45) is 0.277. The summed E-state index contributed by atoms with van der Waals surface area (Å²) in [5.41, 5.74) is 1.45. The minimum absolute atomic E-state index is 0.0650. The van der Waals surface area contributed by atoms with E-state index in [0.717, 1.165) is 5.56 Å². The van der Waals surface area contributed by atoms with Crippen molar-refractivity contribution in [3.63, 3.8) is 0 Å². The Morgan fingerprint density at radius 2 is 2.05 bits per heavy atom. The molecule has 0 aliphatic rings. The van der Waals surface area contributed by atoms with Gasteiger partial charge < -0.3 is 10.6 Å². The Kier molecular flexibility index (Phi) is 6.36. The fourth-order valence-electron chi connectivity index (χ4n) is 1.58. The van der Waals surface area contributed by atoms with E-state index in [1.54, 1.807) is 18.2 Å². The summed E-state index contributed by atoms with van der Waals surface area (Å²) in [5, 5.41) is 5.48. The highest BCUT2D eigenvalue weighted by atomic mass is 35.5. The second kappa shape index (κ2) is 7.79. The van der Waals surface area contributed by atoms with E-state index in [1.807, 2.05) is 19.9 Å². The van der Waals surface area contributed by atoms with Crippen LogP contribution in [0, 0.1) is 0 Å². The number of amides is 2. The molecule has 0 aliphatic heterocycles. The van der Waals surface area contributed by atoms with Crippen molar-refractivity contribution in [2.24, 2.45) is 0 Å². The molecule has 104 valence electrons. The molecule has 1 rings (SSSR count). The van der Waals surface area contributed by atoms with Gasteiger partial charge >= 0.3 is 0 Å². The molecule has 4 nitrogen and oxygen atoms in total. The van der Waals surface area contributed by atoms with Crippen LogP contribution in [0.1, 0.15) is 36.2 Å². The first-order chi connectivity index (χ1) is 9.02. The number of carbonyl (C=O) groups excluding carboxylic acids is 2. The number of nitrogens with one attached hydrogen (secondary N) is 2. The topological polar surface area (TPSA) is 58.2 Å². The lowest BCUT2D eigenvalue weighted by Gasteiger charge is -2.09. The molecule has 0 aromatic heterocycles. The van der Waals surface area contributed by atoms with Gasteiger partial charge in [0.15, 0.2) is 0 Å². The van der Waals surface area contributed by atoms with Gasteiger partial charge in [0.1, 0.15) is 0 Å². The SMILES string of the molecule is CC(C)NC(=O)CCNC(=O)c1cccc(CCl)c1. The third kappa shape index (κ3) is 5.75. The number of carbonyl (C=O) groups is 2. The largest absolute Gasteiger partial charge is 0.354 e. The molecular formula is C14H19ClN2O2. The molecule has 0 heterocycles. The van der Waals surface area contributed by atoms with Crippen molar-refractivity contribution < 1.29 is 9.59 Å². The maximum Gasteiger partial charge on any atom is 0.251 e. The van der Waals surface area contributed by atoms with Crippen molar-refractivity contribution in [2.75, 3.05) is 6.54 Å². The highest BCUT2D eigenvalue weighted by molar-refractivity contribution is 6.17. The fraction of sp³-hybridized carbons (Fsp3) is 0.429. The van der Waals surface area contributed by atoms with Crippen LogP contribution in [0.15, 0.2) is 24.3 Å². The third-order valence-corrected chi connectivity index (χ3v) is 2.74. The van der Waals surface area contributed by atoms with Crippen LogP contribution in [-0.2, 0) is 10.7 Å². The third-order valence-electron chi connectivity index (χ3n) is 2.43. The molecule has 2 amide bonds. The van der Waals surface area contributed by atoms with Crippen LogP contribution in [0.4, 0.5) is 0 Å². The standard InChI is InChI=1S/C14H19ClN2O2/c1-10(2)17-13(18)6-7-16-14(19)12-5-3-4-11(8-12)9-15/h3-5,8,10H,6-7,9H2,1-2H3,(H,16,19)(H,17,18). The van der Waals surface area contributed by atoms with Gasteiger partial charge in [-0.25, -0.2) is 0 Å². The normalized spacial score (nSPS) is 10.3. The van der Waals surface area contributed by atoms with Gasteiger partial charge in [-0.3, -0.25) is 9.59 Å². The molecule has 0 saturated heterocycles. The molecule has 0 aliphatic carbocycles. The van der Waals surface area contributed by atoms with Crippen molar-refractivity contribution in [2.45, 2.75) is 32.2 Å². The quantitative estimate of drug-likeness (QED) is 0.785. The summed E-state index contributed by atoms with van der Waals surface area (Å²) in [6.45, 7) is 4.12. The molecular weight excluding hydrogens is 264 g/mol. The van der Waals surface area contributed by atoms with Crippen LogP contribution in [0.25, 0.3) is 0 Å². The van der Waals surface area contributed by atoms with Crippen molar-refractivity contribution in [1.29, 1.82) is 0 Å². The van der Waals surface area contributed by atoms with Gasteiger partial charge in [0.2, 0.25) is 5.91 Å². The van der Waals surface area contributed by atoms with Crippen LogP contribution in [0.5, 0.6) is 0 Å². The maximum atomic E-state index is 11.8. The van der Waals surface area contributed by atoms with Crippen LogP contribution in [0.3, 0.4) is 0 Å². The molecule has 0 saturated carbocycles. The molecule has 19 heavy (non-hydrogen) atoms. The lowest BCUT2D eigenvalue weighted by Crippen LogP contribution is -2.34. The van der Waals surface area contributed by atoms with E-state index in [1.165, 1.54) is 0 Å². The minimum Gasteiger partial charge on any atom is -0.354 e. The van der Waals surface area contributed by atoms with Crippen molar-refractivity contribution in [3.05, 3.63) is 35.4 Å². The average molecular weight is 283 g/mol. The van der Waals surface area contributed by atoms with Gasteiger partial charge in [0, 0.05) is 30.5 Å². The second-order valence-corrected chi connectivity index (χ2v) is 4.83. The fourth-order valence-corrected chi connectivity index (χ4v) is 1.75. The summed E-state index contributed by atoms with van der Waals surface area (Å²) < 4.78 is 0. The van der Waals surface area contributed by atoms with Crippen molar-refractivity contribution in [1.82, 2.24) is 10.6 Å². The van der Waals surface area contributed by atoms with Crippen LogP contribution in [-0.4, -0.2) is 24.4 Å². The minimum atomic E-state index is -0.190. The molecule has 1 aromatic rings. The molecule has 0 spiro atoms. The molecule has 2 N–H and O–H groups in total. The molecule has 1 aromatic carbocycles. The monoisotopic (exact) mass is 282 g/mol. The van der Waals surface area contributed by atoms with Gasteiger partial charge in [-0.15, -0.1) is 11.6 Å². The summed E-state index contributed by atoms with van der Waals surface area (Å²) in [6, 6.07) is 7.23. The first-order valence-electron chi connectivity index (χ1n) is 6.25. The number of hydrogen-bond acceptors (Lipinski definition) is 2. The summed E-state index contributed by atoms with van der Waals surface area (Å²) >= 11 is 5.71. The number of benzene rings is 1. The molecule has 0 fully saturated rings. The number of hydrogen-bond donors (Lipinski definition) is 2. The summed E-state index contributed by atoms with van der Waals surface area (Å²) in [7, 11) is 0. The number of halogens is 1. The Hall–Kier alpha value is -1.55. The lowest BCUT2D eigenvalue weighted by atomic mass is 10.1. The predicted molar refractivity (Wildman–Crippen MR) is 76.2 cm³/mol. The van der Waals surface area contributed by atoms with E-state index in [4.69, 9.17) is 11.6 Å². The first-order valence-corrected chi connectivity index (χ1v) is 6.79. The van der Waals surface area contributed by atoms with E-state index in [2.05, 4.69) is 10.6 Å². The maximum absolute atomic E-state index is 11.8. The van der Waals surface area contributed by atoms with E-state index in [0.29, 0.717) is 18.0 Å². The summed E-state index contributed by atoms with van der Waals surface area (Å²) in [5.74, 6) is 0.117. The van der Waals surface area contributed by atoms with E-state index in [9.17, 15) is 9.59 Å². The molecule has 0 bridgehead atoms. The van der Waals surface area contributed by atoms with E-state index < -0.39 is 0 Å². The van der Waals surface area contributed by atoms with E-state index >= 15 is 0 Å². The Balaban J connectivity index is 2.40. The van der Waals surface area contributed by atoms with Gasteiger partial charge in [0.25, 0.3) is 5.91 Å². The Bertz CT molecular complexity index is 447. The molecule has 0 unspecified atom stereocenters. The Morgan fingerprint density at radius 3 is 2.68 bits per heavy atom. The van der Waals surface area contributed by atoms with Crippen molar-refractivity contribution >= 4 is 23.4 Å². The molecule has 0 atom stereocenters. The number of rotatable bonds is 6. The number of alkyl halides is 1. The highest BCUT2D eigenvalue weighted by Crippen LogP contribution is 2.07. The molecule has 0 radical (unpaired) electrons. The highest BCUT2D eigenvalue weighted by Gasteiger charge is 2.07. The van der Waals surface area contributed by atoms with E-state index in [-0.39, 0.29) is 24.3 Å². The zero-order valence-electron chi connectivity index (χ0n) is 11.2. The zero-order chi connectivity index (χ0) is 14.3. The van der Waals surface area contributed by atoms with Gasteiger partial charge in [-0.2, -0.15) is 0 Å². The van der Waals surface area contributed by atoms with Crippen LogP contribution >= 0.6 is 11.6 Å². The van der Waals surface area contributed by atoms with Gasteiger partial charge in [-0.05, 0) is 31.5 Å². The van der Waals surface area contributed by atoms with Gasteiger partial charge in [-0.1, -0.05) is 12.1 Å². The summed E-state index contributed by atoms with van der Waals surface area (Å²) in [4.78, 5) is 23.2. The zero-order valence-corrected chi connectivity index (χ0v) is 12.0. The van der Waals surface area contributed by atoms with Crippen molar-refractivity contribution in [3.8, 4) is 0 Å². The lowest BCUT2D eigenvalue weighted by molar-refractivity contribution is -0.121. The van der Waals surface area contributed by atoms with Gasteiger partial charge in [0.05, 0.1) is 0 Å². The van der Waals surface area contributed by atoms with Crippen LogP contribution < -0.4 is 10.6 Å². The Morgan fingerprint density at radius 1 is 1.32 bits per heavy atom. The second-order valence-electron chi connectivity index (χ2n) is 4.56. The smallest absolute Gasteiger partial charge is 0.251 e. The molecule has 5 heteroatoms. The van der Waals surface area contributed by atoms with Crippen LogP contribution in [0.2, 0.25) is 0 Å². The first kappa shape index (κ1) is 15.5. The predicted octanol–water partition coefficient (Wildman–Crippen LogP) is 2.07. The average Bonchev–Trinajstić information content (AvgIpc) is 2.37.